The van der Waals surface area contributed by atoms with E-state index < -0.39 is 34.3 Å². The minimum absolute atomic E-state index is 0.0378. The first-order valence-electron chi connectivity index (χ1n) is 9.28. The Hall–Kier alpha value is -3.24. The molecule has 3 rings (SSSR count). The number of hydrogen-bond acceptors (Lipinski definition) is 5. The summed E-state index contributed by atoms with van der Waals surface area (Å²) in [6.45, 7) is 1.42. The lowest BCUT2D eigenvalue weighted by molar-refractivity contribution is -0.116. The lowest BCUT2D eigenvalue weighted by Gasteiger charge is -2.18. The molecule has 1 aliphatic rings. The van der Waals surface area contributed by atoms with Crippen LogP contribution in [0.25, 0.3) is 0 Å². The lowest BCUT2D eigenvalue weighted by atomic mass is 10.1. The fourth-order valence-electron chi connectivity index (χ4n) is 2.92. The normalized spacial score (nSPS) is 13.8. The third-order valence-electron chi connectivity index (χ3n) is 4.64. The van der Waals surface area contributed by atoms with Gasteiger partial charge in [0, 0.05) is 12.7 Å². The third kappa shape index (κ3) is 4.66. The zero-order chi connectivity index (χ0) is 21.9. The molecule has 0 bridgehead atoms. The van der Waals surface area contributed by atoms with Gasteiger partial charge < -0.3 is 16.0 Å². The zero-order valence-corrected chi connectivity index (χ0v) is 17.4. The predicted octanol–water partition coefficient (Wildman–Crippen LogP) is 1.19. The summed E-state index contributed by atoms with van der Waals surface area (Å²) < 4.78 is 26.6. The minimum Gasteiger partial charge on any atom is -0.343 e. The van der Waals surface area contributed by atoms with Gasteiger partial charge in [0.25, 0.3) is 5.91 Å². The number of nitrogens with one attached hydrogen (secondary N) is 3. The molecule has 10 heteroatoms. The standard InChI is InChI=1S/C20H22N4O5S/c1-3-13-4-6-14(7-5-13)22-19(26)12-24(2)30(28,29)15-8-9-17-16(10-15)20(27)21-11-18(25)23-17/h4-10H,3,11-12H2,1-2H3,(H,21,27)(H,22,26)(H,23,25). The van der Waals surface area contributed by atoms with Gasteiger partial charge in [-0.2, -0.15) is 4.31 Å². The quantitative estimate of drug-likeness (QED) is 0.635. The number of benzene rings is 2. The molecule has 0 spiro atoms. The van der Waals surface area contributed by atoms with Gasteiger partial charge in [-0.3, -0.25) is 14.4 Å². The molecule has 0 saturated carbocycles. The van der Waals surface area contributed by atoms with E-state index in [1.165, 1.54) is 25.2 Å². The predicted molar refractivity (Wildman–Crippen MR) is 112 cm³/mol. The SMILES string of the molecule is CCc1ccc(NC(=O)CN(C)S(=O)(=O)c2ccc3c(c2)C(=O)NCC(=O)N3)cc1. The van der Waals surface area contributed by atoms with Crippen LogP contribution in [0.2, 0.25) is 0 Å². The van der Waals surface area contributed by atoms with E-state index in [-0.39, 0.29) is 22.7 Å². The monoisotopic (exact) mass is 430 g/mol. The molecule has 0 radical (unpaired) electrons. The first kappa shape index (κ1) is 21.5. The number of amides is 3. The minimum atomic E-state index is -4.04. The largest absolute Gasteiger partial charge is 0.343 e. The summed E-state index contributed by atoms with van der Waals surface area (Å²) in [5.74, 6) is -1.46. The number of likely N-dealkylation sites (N-methyl/N-ethyl adjacent to an activating group) is 1. The van der Waals surface area contributed by atoms with Crippen molar-refractivity contribution in [1.82, 2.24) is 9.62 Å². The lowest BCUT2D eigenvalue weighted by Crippen LogP contribution is -2.35. The van der Waals surface area contributed by atoms with Gasteiger partial charge >= 0.3 is 0 Å². The number of fused-ring (bicyclic) bond motifs is 1. The van der Waals surface area contributed by atoms with E-state index >= 15 is 0 Å². The van der Waals surface area contributed by atoms with Crippen LogP contribution in [0.15, 0.2) is 47.4 Å². The Kier molecular flexibility index (Phi) is 6.18. The fraction of sp³-hybridized carbons (Fsp3) is 0.250. The van der Waals surface area contributed by atoms with Gasteiger partial charge in [0.2, 0.25) is 21.8 Å². The van der Waals surface area contributed by atoms with E-state index in [4.69, 9.17) is 0 Å². The molecule has 1 aliphatic heterocycles. The number of anilines is 2. The molecule has 0 aliphatic carbocycles. The average Bonchev–Trinajstić information content (AvgIpc) is 2.86. The zero-order valence-electron chi connectivity index (χ0n) is 16.6. The van der Waals surface area contributed by atoms with Crippen LogP contribution in [0, 0.1) is 0 Å². The van der Waals surface area contributed by atoms with Crippen LogP contribution in [0.1, 0.15) is 22.8 Å². The Morgan fingerprint density at radius 2 is 1.83 bits per heavy atom. The van der Waals surface area contributed by atoms with Crippen LogP contribution >= 0.6 is 0 Å². The van der Waals surface area contributed by atoms with E-state index in [1.54, 1.807) is 12.1 Å². The maximum atomic E-state index is 12.9. The summed E-state index contributed by atoms with van der Waals surface area (Å²) >= 11 is 0. The van der Waals surface area contributed by atoms with E-state index in [1.807, 2.05) is 19.1 Å². The van der Waals surface area contributed by atoms with Gasteiger partial charge in [-0.05, 0) is 42.3 Å². The Bertz CT molecular complexity index is 1100. The van der Waals surface area contributed by atoms with Crippen molar-refractivity contribution in [2.45, 2.75) is 18.2 Å². The molecule has 0 saturated heterocycles. The van der Waals surface area contributed by atoms with Crippen LogP contribution in [-0.4, -0.2) is 50.6 Å². The fourth-order valence-corrected chi connectivity index (χ4v) is 4.08. The van der Waals surface area contributed by atoms with Gasteiger partial charge in [-0.25, -0.2) is 8.42 Å². The highest BCUT2D eigenvalue weighted by Gasteiger charge is 2.26. The summed E-state index contributed by atoms with van der Waals surface area (Å²) in [5, 5.41) is 7.60. The van der Waals surface area contributed by atoms with E-state index in [0.717, 1.165) is 16.3 Å². The van der Waals surface area contributed by atoms with Crippen LogP contribution in [-0.2, 0) is 26.0 Å². The van der Waals surface area contributed by atoms with Gasteiger partial charge in [0.1, 0.15) is 0 Å². The van der Waals surface area contributed by atoms with Gasteiger partial charge in [0.15, 0.2) is 0 Å². The highest BCUT2D eigenvalue weighted by molar-refractivity contribution is 7.89. The van der Waals surface area contributed by atoms with Crippen LogP contribution in [0.4, 0.5) is 11.4 Å². The Balaban J connectivity index is 1.75. The Morgan fingerprint density at radius 1 is 1.13 bits per heavy atom. The smallest absolute Gasteiger partial charge is 0.253 e. The van der Waals surface area contributed by atoms with Gasteiger partial charge in [-0.15, -0.1) is 0 Å². The van der Waals surface area contributed by atoms with Crippen LogP contribution < -0.4 is 16.0 Å². The second-order valence-electron chi connectivity index (χ2n) is 6.80. The molecule has 158 valence electrons. The second-order valence-corrected chi connectivity index (χ2v) is 8.84. The first-order valence-corrected chi connectivity index (χ1v) is 10.7. The number of hydrogen-bond donors (Lipinski definition) is 3. The Morgan fingerprint density at radius 3 is 2.50 bits per heavy atom. The maximum absolute atomic E-state index is 12.9. The number of rotatable bonds is 6. The highest BCUT2D eigenvalue weighted by Crippen LogP contribution is 2.24. The number of aryl methyl sites for hydroxylation is 1. The van der Waals surface area contributed by atoms with Crippen LogP contribution in [0.5, 0.6) is 0 Å². The molecule has 2 aromatic rings. The second kappa shape index (κ2) is 8.64. The van der Waals surface area contributed by atoms with Crippen molar-refractivity contribution in [1.29, 1.82) is 0 Å². The topological polar surface area (TPSA) is 125 Å². The van der Waals surface area contributed by atoms with E-state index in [2.05, 4.69) is 16.0 Å². The number of carbonyl (C=O) groups is 3. The van der Waals surface area contributed by atoms with Crippen molar-refractivity contribution in [3.8, 4) is 0 Å². The highest BCUT2D eigenvalue weighted by atomic mass is 32.2. The van der Waals surface area contributed by atoms with Crippen molar-refractivity contribution in [2.24, 2.45) is 0 Å². The molecule has 3 amide bonds. The number of sulfonamides is 1. The van der Waals surface area contributed by atoms with Crippen LogP contribution in [0.3, 0.4) is 0 Å². The number of carbonyl (C=O) groups excluding carboxylic acids is 3. The molecule has 9 nitrogen and oxygen atoms in total. The Labute approximate surface area is 174 Å². The molecule has 2 aromatic carbocycles. The summed E-state index contributed by atoms with van der Waals surface area (Å²) in [5.41, 5.74) is 1.96. The average molecular weight is 430 g/mol. The molecule has 3 N–H and O–H groups in total. The molecule has 30 heavy (non-hydrogen) atoms. The molecule has 0 unspecified atom stereocenters. The summed E-state index contributed by atoms with van der Waals surface area (Å²) in [4.78, 5) is 35.9. The molecule has 0 atom stereocenters. The summed E-state index contributed by atoms with van der Waals surface area (Å²) in [6, 6.07) is 11.1. The molecule has 1 heterocycles. The first-order chi connectivity index (χ1) is 14.2. The molecule has 0 fully saturated rings. The van der Waals surface area contributed by atoms with Crippen molar-refractivity contribution < 1.29 is 22.8 Å². The maximum Gasteiger partial charge on any atom is 0.253 e. The summed E-state index contributed by atoms with van der Waals surface area (Å²) in [6.07, 6.45) is 0.873. The number of nitrogens with zero attached hydrogens (tertiary/aromatic N) is 1. The van der Waals surface area contributed by atoms with Crippen molar-refractivity contribution in [2.75, 3.05) is 30.8 Å². The van der Waals surface area contributed by atoms with E-state index in [0.29, 0.717) is 5.69 Å². The van der Waals surface area contributed by atoms with Crippen molar-refractivity contribution in [3.05, 3.63) is 53.6 Å². The molecule has 0 aromatic heterocycles. The third-order valence-corrected chi connectivity index (χ3v) is 6.44. The van der Waals surface area contributed by atoms with Gasteiger partial charge in [-0.1, -0.05) is 19.1 Å². The molecular formula is C20H22N4O5S. The van der Waals surface area contributed by atoms with Gasteiger partial charge in [0.05, 0.1) is 29.2 Å². The van der Waals surface area contributed by atoms with Crippen molar-refractivity contribution in [3.63, 3.8) is 0 Å². The summed E-state index contributed by atoms with van der Waals surface area (Å²) in [7, 11) is -2.76. The van der Waals surface area contributed by atoms with E-state index in [9.17, 15) is 22.8 Å². The molecular weight excluding hydrogens is 408 g/mol. The van der Waals surface area contributed by atoms with Crippen molar-refractivity contribution >= 4 is 39.1 Å².